The van der Waals surface area contributed by atoms with Crippen LogP contribution in [0, 0.1) is 5.41 Å². The van der Waals surface area contributed by atoms with Crippen molar-refractivity contribution in [3.63, 3.8) is 0 Å². The van der Waals surface area contributed by atoms with Gasteiger partial charge in [0.25, 0.3) is 0 Å². The van der Waals surface area contributed by atoms with E-state index in [1.807, 2.05) is 27.7 Å². The molecule has 3 rings (SSSR count). The Bertz CT molecular complexity index is 347. The maximum Gasteiger partial charge on any atom is 0.405 e. The van der Waals surface area contributed by atoms with Crippen molar-refractivity contribution in [3.8, 4) is 0 Å². The smallest absolute Gasteiger partial charge is 0.405 e. The highest BCUT2D eigenvalue weighted by Crippen LogP contribution is 2.68. The Morgan fingerprint density at radius 3 is 2.28 bits per heavy atom. The summed E-state index contributed by atoms with van der Waals surface area (Å²) in [4.78, 5) is 10.6. The van der Waals surface area contributed by atoms with Gasteiger partial charge in [-0.15, -0.1) is 4.72 Å². The molecular weight excluding hydrogens is 252 g/mol. The van der Waals surface area contributed by atoms with Crippen molar-refractivity contribution in [3.05, 3.63) is 0 Å². The van der Waals surface area contributed by atoms with Gasteiger partial charge >= 0.3 is 6.09 Å². The summed E-state index contributed by atoms with van der Waals surface area (Å²) in [7, 11) is 0. The molecule has 3 saturated carbocycles. The molecule has 0 radical (unpaired) electrons. The van der Waals surface area contributed by atoms with Crippen molar-refractivity contribution < 1.29 is 14.5 Å². The highest BCUT2D eigenvalue weighted by Gasteiger charge is 2.71. The molecule has 0 saturated heterocycles. The highest BCUT2D eigenvalue weighted by atomic mass is 32.2. The lowest BCUT2D eigenvalue weighted by atomic mass is 9.37. The Morgan fingerprint density at radius 2 is 1.89 bits per heavy atom. The molecule has 104 valence electrons. The molecule has 3 N–H and O–H groups in total. The Balaban J connectivity index is 1.84. The number of nitrogens with one attached hydrogen (secondary N) is 2. The van der Waals surface area contributed by atoms with Crippen LogP contribution in [0.5, 0.6) is 0 Å². The quantitative estimate of drug-likeness (QED) is 0.680. The second-order valence-electron chi connectivity index (χ2n) is 6.82. The van der Waals surface area contributed by atoms with E-state index < -0.39 is 17.5 Å². The summed E-state index contributed by atoms with van der Waals surface area (Å²) in [5.41, 5.74) is -0.0473. The summed E-state index contributed by atoms with van der Waals surface area (Å²) >= 11 is -1.07. The van der Waals surface area contributed by atoms with E-state index in [9.17, 15) is 9.35 Å². The van der Waals surface area contributed by atoms with Crippen LogP contribution < -0.4 is 10.0 Å². The molecule has 2 atom stereocenters. The van der Waals surface area contributed by atoms with Gasteiger partial charge in [-0.2, -0.15) is 0 Å². The molecule has 0 heterocycles. The normalized spacial score (nSPS) is 37.2. The lowest BCUT2D eigenvalue weighted by Crippen LogP contribution is -2.79. The van der Waals surface area contributed by atoms with Crippen molar-refractivity contribution in [1.82, 2.24) is 10.0 Å². The molecule has 2 bridgehead atoms. The SMILES string of the molecule is CC(N[S@+]([O-])C(C)(C)C)C12CC(NC(=O)O)(C1)C2. The molecule has 1 amide bonds. The summed E-state index contributed by atoms with van der Waals surface area (Å²) in [6.07, 6.45) is 1.65. The molecule has 3 aliphatic rings. The molecule has 0 aromatic heterocycles. The molecule has 18 heavy (non-hydrogen) atoms. The maximum atomic E-state index is 12.0. The molecule has 6 heteroatoms. The van der Waals surface area contributed by atoms with Gasteiger partial charge in [0.05, 0.1) is 6.04 Å². The van der Waals surface area contributed by atoms with Gasteiger partial charge in [-0.1, -0.05) is 0 Å². The summed E-state index contributed by atoms with van der Waals surface area (Å²) in [6.45, 7) is 7.88. The summed E-state index contributed by atoms with van der Waals surface area (Å²) in [5.74, 6) is 0. The average Bonchev–Trinajstić information content (AvgIpc) is 2.06. The summed E-state index contributed by atoms with van der Waals surface area (Å²) in [5, 5.41) is 11.3. The molecule has 0 spiro atoms. The van der Waals surface area contributed by atoms with E-state index in [4.69, 9.17) is 5.11 Å². The number of carbonyl (C=O) groups is 1. The van der Waals surface area contributed by atoms with Crippen LogP contribution in [0.25, 0.3) is 0 Å². The minimum atomic E-state index is -1.07. The van der Waals surface area contributed by atoms with Crippen LogP contribution in [0.4, 0.5) is 4.79 Å². The number of hydrogen-bond acceptors (Lipinski definition) is 3. The lowest BCUT2D eigenvalue weighted by Gasteiger charge is -2.72. The zero-order valence-electron chi connectivity index (χ0n) is 11.4. The monoisotopic (exact) mass is 274 g/mol. The average molecular weight is 274 g/mol. The second kappa shape index (κ2) is 4.02. The zero-order chi connectivity index (χ0) is 13.8. The van der Waals surface area contributed by atoms with Crippen molar-refractivity contribution in [2.45, 2.75) is 63.3 Å². The molecule has 3 fully saturated rings. The fraction of sp³-hybridized carbons (Fsp3) is 0.917. The number of amides is 1. The first-order valence-corrected chi connectivity index (χ1v) is 7.43. The third-order valence-corrected chi connectivity index (χ3v) is 5.88. The van der Waals surface area contributed by atoms with Crippen LogP contribution >= 0.6 is 0 Å². The van der Waals surface area contributed by atoms with E-state index in [2.05, 4.69) is 10.0 Å². The molecule has 0 aromatic carbocycles. The van der Waals surface area contributed by atoms with Crippen LogP contribution in [-0.2, 0) is 11.4 Å². The zero-order valence-corrected chi connectivity index (χ0v) is 12.2. The predicted molar refractivity (Wildman–Crippen MR) is 70.7 cm³/mol. The van der Waals surface area contributed by atoms with Crippen LogP contribution in [0.15, 0.2) is 0 Å². The van der Waals surface area contributed by atoms with Gasteiger partial charge in [0, 0.05) is 16.9 Å². The van der Waals surface area contributed by atoms with Crippen molar-refractivity contribution in [2.75, 3.05) is 0 Å². The van der Waals surface area contributed by atoms with Crippen molar-refractivity contribution in [1.29, 1.82) is 0 Å². The van der Waals surface area contributed by atoms with E-state index in [0.717, 1.165) is 19.3 Å². The molecule has 0 aromatic rings. The first kappa shape index (κ1) is 14.0. The largest absolute Gasteiger partial charge is 0.598 e. The number of rotatable bonds is 4. The van der Waals surface area contributed by atoms with Crippen LogP contribution in [0.1, 0.15) is 47.0 Å². The van der Waals surface area contributed by atoms with Crippen molar-refractivity contribution in [2.24, 2.45) is 5.41 Å². The molecule has 0 aliphatic heterocycles. The number of carboxylic acid groups (broad SMARTS) is 1. The van der Waals surface area contributed by atoms with Gasteiger partial charge in [0.2, 0.25) is 0 Å². The molecule has 5 nitrogen and oxygen atoms in total. The summed E-state index contributed by atoms with van der Waals surface area (Å²) in [6, 6.07) is 0.162. The lowest BCUT2D eigenvalue weighted by molar-refractivity contribution is -0.163. The standard InChI is InChI=1S/C12H22N2O3S/c1-8(14-18(17)10(2,3)4)11-5-12(6-11,7-11)13-9(15)16/h8,13-14H,5-7H2,1-4H3,(H,15,16)/t8?,11?,12?,18-/m1/s1. The minimum Gasteiger partial charge on any atom is -0.598 e. The van der Waals surface area contributed by atoms with E-state index in [1.54, 1.807) is 0 Å². The first-order chi connectivity index (χ1) is 8.09. The molecular formula is C12H22N2O3S. The maximum absolute atomic E-state index is 12.0. The Labute approximate surface area is 111 Å². The van der Waals surface area contributed by atoms with Crippen molar-refractivity contribution >= 4 is 17.5 Å². The Morgan fingerprint density at radius 1 is 1.39 bits per heavy atom. The van der Waals surface area contributed by atoms with E-state index >= 15 is 0 Å². The highest BCUT2D eigenvalue weighted by molar-refractivity contribution is 7.90. The predicted octanol–water partition coefficient (Wildman–Crippen LogP) is 1.62. The van der Waals surface area contributed by atoms with Crippen LogP contribution in [0.2, 0.25) is 0 Å². The van der Waals surface area contributed by atoms with E-state index in [0.29, 0.717) is 0 Å². The van der Waals surface area contributed by atoms with Gasteiger partial charge in [0.1, 0.15) is 4.75 Å². The second-order valence-corrected chi connectivity index (χ2v) is 8.82. The fourth-order valence-electron chi connectivity index (χ4n) is 3.15. The minimum absolute atomic E-state index is 0.142. The van der Waals surface area contributed by atoms with E-state index in [1.165, 1.54) is 0 Å². The van der Waals surface area contributed by atoms with Gasteiger partial charge in [-0.05, 0) is 52.4 Å². The third kappa shape index (κ3) is 2.21. The van der Waals surface area contributed by atoms with Gasteiger partial charge in [-0.25, -0.2) is 4.79 Å². The third-order valence-electron chi connectivity index (χ3n) is 4.20. The molecule has 3 aliphatic carbocycles. The van der Waals surface area contributed by atoms with Gasteiger partial charge < -0.3 is 15.0 Å². The topological polar surface area (TPSA) is 84.4 Å². The number of hydrogen-bond donors (Lipinski definition) is 3. The van der Waals surface area contributed by atoms with Crippen LogP contribution in [-0.4, -0.2) is 32.1 Å². The van der Waals surface area contributed by atoms with E-state index in [-0.39, 0.29) is 21.7 Å². The molecule has 1 unspecified atom stereocenters. The van der Waals surface area contributed by atoms with Gasteiger partial charge in [0.15, 0.2) is 0 Å². The fourth-order valence-corrected chi connectivity index (χ4v) is 4.07. The Hall–Kier alpha value is -0.460. The Kier molecular flexibility index (Phi) is 3.11. The van der Waals surface area contributed by atoms with Gasteiger partial charge in [-0.3, -0.25) is 0 Å². The first-order valence-electron chi connectivity index (χ1n) is 6.28. The van der Waals surface area contributed by atoms with Crippen LogP contribution in [0.3, 0.4) is 0 Å². The summed E-state index contributed by atoms with van der Waals surface area (Å²) < 4.78 is 14.9.